The molecule has 0 saturated carbocycles. The topological polar surface area (TPSA) is 69.4 Å². The average molecular weight is 475 g/mol. The predicted molar refractivity (Wildman–Crippen MR) is 123 cm³/mol. The fourth-order valence-corrected chi connectivity index (χ4v) is 4.26. The maximum atomic E-state index is 12.2. The van der Waals surface area contributed by atoms with E-state index in [9.17, 15) is 4.79 Å². The monoisotopic (exact) mass is 474 g/mol. The average Bonchev–Trinajstić information content (AvgIpc) is 3.43. The standard InChI is InChI=1S/C24H19BrN4O2/c1-2-3-8-20(30)31-28-23-17-7-5-4-6-16(17)21-18-13-15(25)9-10-19(18)27-24(22(21)23)29-12-11-26-14-29/h4-7,9-14H,2-3,8H2,1H3/b28-23+. The van der Waals surface area contributed by atoms with Gasteiger partial charge >= 0.3 is 5.97 Å². The molecule has 5 rings (SSSR count). The maximum absolute atomic E-state index is 12.2. The van der Waals surface area contributed by atoms with Gasteiger partial charge in [-0.15, -0.1) is 0 Å². The second-order valence-corrected chi connectivity index (χ2v) is 8.28. The van der Waals surface area contributed by atoms with Crippen LogP contribution in [0.3, 0.4) is 0 Å². The quantitative estimate of drug-likeness (QED) is 0.243. The Hall–Kier alpha value is -3.32. The third-order valence-electron chi connectivity index (χ3n) is 5.34. The van der Waals surface area contributed by atoms with Gasteiger partial charge in [0.05, 0.1) is 11.1 Å². The van der Waals surface area contributed by atoms with E-state index in [0.29, 0.717) is 18.0 Å². The first-order chi connectivity index (χ1) is 15.2. The Labute approximate surface area is 187 Å². The number of pyridine rings is 1. The van der Waals surface area contributed by atoms with Crippen LogP contribution in [0, 0.1) is 0 Å². The van der Waals surface area contributed by atoms with E-state index in [4.69, 9.17) is 9.82 Å². The van der Waals surface area contributed by atoms with Gasteiger partial charge in [-0.1, -0.05) is 58.7 Å². The van der Waals surface area contributed by atoms with Crippen molar-refractivity contribution in [1.29, 1.82) is 0 Å². The molecule has 2 aromatic carbocycles. The fraction of sp³-hybridized carbons (Fsp3) is 0.167. The molecule has 0 fully saturated rings. The van der Waals surface area contributed by atoms with Crippen molar-refractivity contribution >= 4 is 38.5 Å². The third-order valence-corrected chi connectivity index (χ3v) is 5.83. The summed E-state index contributed by atoms with van der Waals surface area (Å²) >= 11 is 3.58. The Morgan fingerprint density at radius 2 is 2.00 bits per heavy atom. The van der Waals surface area contributed by atoms with Crippen molar-refractivity contribution in [1.82, 2.24) is 14.5 Å². The molecule has 0 spiro atoms. The zero-order chi connectivity index (χ0) is 21.4. The molecule has 1 aliphatic carbocycles. The van der Waals surface area contributed by atoms with Gasteiger partial charge in [0.25, 0.3) is 0 Å². The van der Waals surface area contributed by atoms with Crippen molar-refractivity contribution in [2.24, 2.45) is 5.16 Å². The summed E-state index contributed by atoms with van der Waals surface area (Å²) in [6.07, 6.45) is 7.31. The molecule has 7 heteroatoms. The summed E-state index contributed by atoms with van der Waals surface area (Å²) in [6.45, 7) is 2.04. The minimum atomic E-state index is -0.332. The summed E-state index contributed by atoms with van der Waals surface area (Å²) in [5.41, 5.74) is 5.27. The van der Waals surface area contributed by atoms with Crippen molar-refractivity contribution < 1.29 is 9.63 Å². The number of oxime groups is 1. The molecule has 31 heavy (non-hydrogen) atoms. The molecule has 0 aliphatic heterocycles. The van der Waals surface area contributed by atoms with Crippen molar-refractivity contribution in [2.75, 3.05) is 0 Å². The first-order valence-electron chi connectivity index (χ1n) is 10.2. The molecule has 2 aromatic heterocycles. The largest absolute Gasteiger partial charge is 0.335 e. The minimum absolute atomic E-state index is 0.332. The second-order valence-electron chi connectivity index (χ2n) is 7.37. The van der Waals surface area contributed by atoms with Gasteiger partial charge in [-0.2, -0.15) is 0 Å². The molecular weight excluding hydrogens is 456 g/mol. The lowest BCUT2D eigenvalue weighted by atomic mass is 10.0. The zero-order valence-corrected chi connectivity index (χ0v) is 18.5. The van der Waals surface area contributed by atoms with E-state index < -0.39 is 0 Å². The lowest BCUT2D eigenvalue weighted by Gasteiger charge is -2.12. The van der Waals surface area contributed by atoms with Crippen molar-refractivity contribution in [3.63, 3.8) is 0 Å². The van der Waals surface area contributed by atoms with Crippen LogP contribution in [0.2, 0.25) is 0 Å². The smallest absolute Gasteiger partial charge is 0.318 e. The number of carbonyl (C=O) groups excluding carboxylic acids is 1. The van der Waals surface area contributed by atoms with Crippen LogP contribution in [0.5, 0.6) is 0 Å². The Morgan fingerprint density at radius 1 is 1.16 bits per heavy atom. The molecule has 4 aromatic rings. The highest BCUT2D eigenvalue weighted by atomic mass is 79.9. The third kappa shape index (κ3) is 3.45. The summed E-state index contributed by atoms with van der Waals surface area (Å²) in [7, 11) is 0. The summed E-state index contributed by atoms with van der Waals surface area (Å²) in [4.78, 5) is 26.6. The molecule has 6 nitrogen and oxygen atoms in total. The fourth-order valence-electron chi connectivity index (χ4n) is 3.90. The van der Waals surface area contributed by atoms with E-state index in [-0.39, 0.29) is 5.97 Å². The van der Waals surface area contributed by atoms with Gasteiger partial charge in [-0.05, 0) is 30.2 Å². The highest BCUT2D eigenvalue weighted by Gasteiger charge is 2.32. The van der Waals surface area contributed by atoms with Crippen molar-refractivity contribution in [3.8, 4) is 16.9 Å². The molecule has 0 N–H and O–H groups in total. The number of rotatable bonds is 5. The van der Waals surface area contributed by atoms with Gasteiger partial charge in [-0.3, -0.25) is 4.57 Å². The molecular formula is C24H19BrN4O2. The second kappa shape index (κ2) is 8.07. The number of aromatic nitrogens is 3. The van der Waals surface area contributed by atoms with E-state index in [1.807, 2.05) is 48.0 Å². The molecule has 0 unspecified atom stereocenters. The summed E-state index contributed by atoms with van der Waals surface area (Å²) in [5, 5.41) is 5.34. The number of imidazole rings is 1. The molecule has 0 radical (unpaired) electrons. The first-order valence-corrected chi connectivity index (χ1v) is 11.0. The minimum Gasteiger partial charge on any atom is -0.318 e. The van der Waals surface area contributed by atoms with Crippen LogP contribution >= 0.6 is 15.9 Å². The number of benzene rings is 2. The van der Waals surface area contributed by atoms with Gasteiger partial charge < -0.3 is 4.84 Å². The number of nitrogens with zero attached hydrogens (tertiary/aromatic N) is 4. The van der Waals surface area contributed by atoms with Gasteiger partial charge in [-0.25, -0.2) is 14.8 Å². The van der Waals surface area contributed by atoms with Crippen LogP contribution in [-0.4, -0.2) is 26.2 Å². The Bertz CT molecular complexity index is 1330. The number of hydrogen-bond donors (Lipinski definition) is 0. The lowest BCUT2D eigenvalue weighted by Crippen LogP contribution is -2.09. The van der Waals surface area contributed by atoms with Crippen LogP contribution in [-0.2, 0) is 9.63 Å². The Morgan fingerprint density at radius 3 is 2.77 bits per heavy atom. The highest BCUT2D eigenvalue weighted by molar-refractivity contribution is 9.10. The van der Waals surface area contributed by atoms with Crippen LogP contribution in [0.25, 0.3) is 27.8 Å². The van der Waals surface area contributed by atoms with Gasteiger partial charge in [0.15, 0.2) is 0 Å². The summed E-state index contributed by atoms with van der Waals surface area (Å²) < 4.78 is 2.83. The zero-order valence-electron chi connectivity index (χ0n) is 16.9. The highest BCUT2D eigenvalue weighted by Crippen LogP contribution is 2.44. The van der Waals surface area contributed by atoms with Crippen LogP contribution in [0.4, 0.5) is 0 Å². The van der Waals surface area contributed by atoms with Crippen LogP contribution < -0.4 is 0 Å². The normalized spacial score (nSPS) is 13.4. The SMILES string of the molecule is CCCCC(=O)O/N=C1\c2ccccc2-c2c1c(-n1ccnc1)nc1ccc(Br)cc21. The molecule has 0 saturated heterocycles. The molecule has 0 amide bonds. The van der Waals surface area contributed by atoms with Gasteiger partial charge in [0, 0.05) is 39.8 Å². The molecule has 0 atom stereocenters. The van der Waals surface area contributed by atoms with E-state index >= 15 is 0 Å². The number of unbranched alkanes of at least 4 members (excludes halogenated alkanes) is 1. The van der Waals surface area contributed by atoms with Crippen LogP contribution in [0.15, 0.2) is 70.8 Å². The molecule has 154 valence electrons. The number of halogens is 1. The number of hydrogen-bond acceptors (Lipinski definition) is 5. The maximum Gasteiger partial charge on any atom is 0.335 e. The lowest BCUT2D eigenvalue weighted by molar-refractivity contribution is -0.143. The van der Waals surface area contributed by atoms with Crippen molar-refractivity contribution in [2.45, 2.75) is 26.2 Å². The van der Waals surface area contributed by atoms with E-state index in [2.05, 4.69) is 38.2 Å². The number of fused-ring (bicyclic) bond motifs is 5. The van der Waals surface area contributed by atoms with Crippen molar-refractivity contribution in [3.05, 3.63) is 76.8 Å². The molecule has 0 bridgehead atoms. The summed E-state index contributed by atoms with van der Waals surface area (Å²) in [6, 6.07) is 14.0. The first kappa shape index (κ1) is 19.6. The summed E-state index contributed by atoms with van der Waals surface area (Å²) in [5.74, 6) is 0.364. The molecule has 2 heterocycles. The van der Waals surface area contributed by atoms with E-state index in [0.717, 1.165) is 50.5 Å². The number of carbonyl (C=O) groups is 1. The predicted octanol–water partition coefficient (Wildman–Crippen LogP) is 5.65. The van der Waals surface area contributed by atoms with Gasteiger partial charge in [0.1, 0.15) is 17.9 Å². The van der Waals surface area contributed by atoms with E-state index in [1.165, 1.54) is 0 Å². The van der Waals surface area contributed by atoms with Gasteiger partial charge in [0.2, 0.25) is 0 Å². The molecule has 1 aliphatic rings. The van der Waals surface area contributed by atoms with E-state index in [1.54, 1.807) is 12.5 Å². The Kier molecular flexibility index (Phi) is 5.11. The Balaban J connectivity index is 1.78. The van der Waals surface area contributed by atoms with Crippen LogP contribution in [0.1, 0.15) is 37.3 Å².